The maximum absolute atomic E-state index is 11.3. The van der Waals surface area contributed by atoms with Gasteiger partial charge >= 0.3 is 5.97 Å². The molecule has 1 heterocycles. The highest BCUT2D eigenvalue weighted by atomic mass is 17.3. The Morgan fingerprint density at radius 1 is 1.05 bits per heavy atom. The molecule has 0 bridgehead atoms. The van der Waals surface area contributed by atoms with Gasteiger partial charge in [-0.2, -0.15) is 4.89 Å². The van der Waals surface area contributed by atoms with E-state index in [1.165, 1.54) is 6.92 Å². The van der Waals surface area contributed by atoms with Crippen molar-refractivity contribution in [3.05, 3.63) is 35.9 Å². The predicted molar refractivity (Wildman–Crippen MR) is 69.9 cm³/mol. The Labute approximate surface area is 113 Å². The molecule has 0 spiro atoms. The first-order chi connectivity index (χ1) is 8.73. The molecular weight excluding hydrogens is 244 g/mol. The van der Waals surface area contributed by atoms with Crippen molar-refractivity contribution in [1.82, 2.24) is 0 Å². The van der Waals surface area contributed by atoms with Crippen LogP contribution in [0.2, 0.25) is 0 Å². The molecule has 4 heteroatoms. The number of hydrogen-bond donors (Lipinski definition) is 0. The summed E-state index contributed by atoms with van der Waals surface area (Å²) in [5.74, 6) is -1.51. The zero-order chi connectivity index (χ0) is 14.3. The average molecular weight is 264 g/mol. The maximum atomic E-state index is 11.3. The summed E-state index contributed by atoms with van der Waals surface area (Å²) in [6.45, 7) is 8.97. The number of carbonyl (C=O) groups is 1. The van der Waals surface area contributed by atoms with E-state index in [0.29, 0.717) is 0 Å². The fraction of sp³-hybridized carbons (Fsp3) is 0.533. The average Bonchev–Trinajstić information content (AvgIpc) is 2.52. The van der Waals surface area contributed by atoms with Gasteiger partial charge < -0.3 is 4.74 Å². The highest BCUT2D eigenvalue weighted by molar-refractivity contribution is 5.66. The zero-order valence-corrected chi connectivity index (χ0v) is 12.0. The molecule has 1 aliphatic heterocycles. The molecule has 1 aromatic carbocycles. The van der Waals surface area contributed by atoms with Crippen molar-refractivity contribution in [2.45, 2.75) is 46.0 Å². The Balaban J connectivity index is 2.43. The number of carbonyl (C=O) groups excluding carboxylic acids is 1. The summed E-state index contributed by atoms with van der Waals surface area (Å²) in [6, 6.07) is 9.79. The van der Waals surface area contributed by atoms with Crippen LogP contribution in [-0.4, -0.2) is 11.8 Å². The molecule has 0 aromatic heterocycles. The van der Waals surface area contributed by atoms with Crippen LogP contribution in [-0.2, 0) is 24.9 Å². The molecule has 1 aromatic rings. The quantitative estimate of drug-likeness (QED) is 0.608. The van der Waals surface area contributed by atoms with Crippen LogP contribution in [0.3, 0.4) is 0 Å². The van der Waals surface area contributed by atoms with E-state index in [4.69, 9.17) is 14.5 Å². The molecule has 0 amide bonds. The Morgan fingerprint density at radius 3 is 2.16 bits per heavy atom. The lowest BCUT2D eigenvalue weighted by atomic mass is 9.68. The first kappa shape index (κ1) is 14.0. The number of hydrogen-bond acceptors (Lipinski definition) is 4. The molecular formula is C15H20O4. The van der Waals surface area contributed by atoms with Crippen molar-refractivity contribution in [2.24, 2.45) is 5.41 Å². The maximum Gasteiger partial charge on any atom is 0.305 e. The molecule has 2 unspecified atom stereocenters. The predicted octanol–water partition coefficient (Wildman–Crippen LogP) is 3.17. The summed E-state index contributed by atoms with van der Waals surface area (Å²) >= 11 is 0. The lowest BCUT2D eigenvalue weighted by Gasteiger charge is -2.40. The van der Waals surface area contributed by atoms with Crippen LogP contribution in [0.25, 0.3) is 0 Å². The van der Waals surface area contributed by atoms with Crippen LogP contribution in [0.4, 0.5) is 0 Å². The monoisotopic (exact) mass is 264 g/mol. The van der Waals surface area contributed by atoms with E-state index < -0.39 is 22.8 Å². The Bertz CT molecular complexity index is 482. The molecule has 1 aliphatic rings. The smallest absolute Gasteiger partial charge is 0.305 e. The van der Waals surface area contributed by atoms with Gasteiger partial charge in [0.15, 0.2) is 0 Å². The summed E-state index contributed by atoms with van der Waals surface area (Å²) in [4.78, 5) is 22.3. The first-order valence-corrected chi connectivity index (χ1v) is 6.35. The van der Waals surface area contributed by atoms with Crippen LogP contribution in [0, 0.1) is 5.41 Å². The van der Waals surface area contributed by atoms with Crippen LogP contribution < -0.4 is 0 Å². The van der Waals surface area contributed by atoms with Gasteiger partial charge in [0.25, 0.3) is 0 Å². The topological polar surface area (TPSA) is 44.8 Å². The summed E-state index contributed by atoms with van der Waals surface area (Å²) in [5, 5.41) is 0. The SMILES string of the molecule is CC(=O)OC1(C)OOC(C)(c2ccccc2)C1(C)C. The van der Waals surface area contributed by atoms with E-state index in [0.717, 1.165) is 5.56 Å². The van der Waals surface area contributed by atoms with Gasteiger partial charge in [0, 0.05) is 13.8 Å². The highest BCUT2D eigenvalue weighted by Crippen LogP contribution is 2.57. The van der Waals surface area contributed by atoms with Crippen molar-refractivity contribution in [2.75, 3.05) is 0 Å². The Kier molecular flexibility index (Phi) is 3.19. The number of ether oxygens (including phenoxy) is 1. The van der Waals surface area contributed by atoms with Gasteiger partial charge in [-0.1, -0.05) is 44.2 Å². The third-order valence-corrected chi connectivity index (χ3v) is 4.36. The molecule has 0 N–H and O–H groups in total. The van der Waals surface area contributed by atoms with Crippen LogP contribution in [0.1, 0.15) is 40.2 Å². The van der Waals surface area contributed by atoms with Gasteiger partial charge in [-0.15, -0.1) is 0 Å². The molecule has 0 saturated carbocycles. The molecule has 2 atom stereocenters. The van der Waals surface area contributed by atoms with Gasteiger partial charge in [-0.05, 0) is 12.5 Å². The first-order valence-electron chi connectivity index (χ1n) is 6.35. The minimum atomic E-state index is -1.12. The fourth-order valence-corrected chi connectivity index (χ4v) is 2.39. The molecule has 1 fully saturated rings. The third-order valence-electron chi connectivity index (χ3n) is 4.36. The van der Waals surface area contributed by atoms with E-state index >= 15 is 0 Å². The van der Waals surface area contributed by atoms with Crippen molar-refractivity contribution >= 4 is 5.97 Å². The molecule has 0 aliphatic carbocycles. The lowest BCUT2D eigenvalue weighted by molar-refractivity contribution is -0.391. The normalized spacial score (nSPS) is 33.1. The third kappa shape index (κ3) is 1.95. The van der Waals surface area contributed by atoms with Crippen molar-refractivity contribution in [3.8, 4) is 0 Å². The molecule has 4 nitrogen and oxygen atoms in total. The summed E-state index contributed by atoms with van der Waals surface area (Å²) in [5.41, 5.74) is -0.262. The van der Waals surface area contributed by atoms with Gasteiger partial charge in [-0.25, -0.2) is 4.89 Å². The number of rotatable bonds is 2. The standard InChI is InChI=1S/C15H20O4/c1-11(16)17-15(5)13(2,3)14(4,18-19-15)12-9-7-6-8-10-12/h6-10H,1-5H3. The van der Waals surface area contributed by atoms with E-state index in [2.05, 4.69) is 0 Å². The molecule has 104 valence electrons. The summed E-state index contributed by atoms with van der Waals surface area (Å²) in [7, 11) is 0. The van der Waals surface area contributed by atoms with E-state index in [-0.39, 0.29) is 0 Å². The summed E-state index contributed by atoms with van der Waals surface area (Å²) in [6.07, 6.45) is 0. The molecule has 0 radical (unpaired) electrons. The second-order valence-corrected chi connectivity index (χ2v) is 5.73. The number of esters is 1. The number of benzene rings is 1. The summed E-state index contributed by atoms with van der Waals surface area (Å²) < 4.78 is 5.34. The van der Waals surface area contributed by atoms with Crippen LogP contribution >= 0.6 is 0 Å². The second-order valence-electron chi connectivity index (χ2n) is 5.73. The van der Waals surface area contributed by atoms with Gasteiger partial charge in [0.2, 0.25) is 5.79 Å². The van der Waals surface area contributed by atoms with Crippen molar-refractivity contribution < 1.29 is 19.3 Å². The van der Waals surface area contributed by atoms with Crippen LogP contribution in [0.5, 0.6) is 0 Å². The van der Waals surface area contributed by atoms with Gasteiger partial charge in [0.1, 0.15) is 5.60 Å². The Hall–Kier alpha value is -1.39. The largest absolute Gasteiger partial charge is 0.430 e. The minimum Gasteiger partial charge on any atom is -0.430 e. The minimum absolute atomic E-state index is 0.392. The highest BCUT2D eigenvalue weighted by Gasteiger charge is 2.65. The molecule has 2 rings (SSSR count). The Morgan fingerprint density at radius 2 is 1.63 bits per heavy atom. The molecule has 19 heavy (non-hydrogen) atoms. The van der Waals surface area contributed by atoms with E-state index in [1.54, 1.807) is 6.92 Å². The van der Waals surface area contributed by atoms with Crippen molar-refractivity contribution in [1.29, 1.82) is 0 Å². The van der Waals surface area contributed by atoms with Crippen LogP contribution in [0.15, 0.2) is 30.3 Å². The fourth-order valence-electron chi connectivity index (χ4n) is 2.39. The van der Waals surface area contributed by atoms with Gasteiger partial charge in [0.05, 0.1) is 5.41 Å². The second kappa shape index (κ2) is 4.32. The lowest BCUT2D eigenvalue weighted by Crippen LogP contribution is -2.50. The molecule has 1 saturated heterocycles. The van der Waals surface area contributed by atoms with E-state index in [1.807, 2.05) is 51.1 Å². The zero-order valence-electron chi connectivity index (χ0n) is 12.0. The van der Waals surface area contributed by atoms with Gasteiger partial charge in [-0.3, -0.25) is 4.79 Å². The van der Waals surface area contributed by atoms with E-state index in [9.17, 15) is 4.79 Å². The van der Waals surface area contributed by atoms with Crippen molar-refractivity contribution in [3.63, 3.8) is 0 Å².